The Labute approximate surface area is 198 Å². The summed E-state index contributed by atoms with van der Waals surface area (Å²) < 4.78 is 40.9. The first-order chi connectivity index (χ1) is 16.8. The molecule has 4 aromatic rings. The monoisotopic (exact) mass is 482 g/mol. The summed E-state index contributed by atoms with van der Waals surface area (Å²) in [6.07, 6.45) is -1.61. The molecule has 0 saturated carbocycles. The van der Waals surface area contributed by atoms with E-state index in [4.69, 9.17) is 0 Å². The van der Waals surface area contributed by atoms with E-state index in [-0.39, 0.29) is 23.3 Å². The lowest BCUT2D eigenvalue weighted by Gasteiger charge is -2.32. The molecule has 0 unspecified atom stereocenters. The summed E-state index contributed by atoms with van der Waals surface area (Å²) in [4.78, 5) is 26.8. The van der Waals surface area contributed by atoms with E-state index < -0.39 is 6.36 Å². The van der Waals surface area contributed by atoms with Gasteiger partial charge in [-0.25, -0.2) is 9.97 Å². The number of amides is 1. The number of aromatic nitrogens is 3. The molecule has 1 aliphatic rings. The number of rotatable bonds is 4. The number of imidazole rings is 1. The van der Waals surface area contributed by atoms with Crippen molar-refractivity contribution in [1.29, 1.82) is 0 Å². The van der Waals surface area contributed by atoms with Crippen molar-refractivity contribution in [3.63, 3.8) is 0 Å². The van der Waals surface area contributed by atoms with E-state index in [1.165, 1.54) is 12.1 Å². The molecular weight excluding hydrogens is 461 g/mol. The molecule has 10 heteroatoms. The second kappa shape index (κ2) is 8.94. The van der Waals surface area contributed by atoms with Crippen LogP contribution in [0.15, 0.2) is 60.8 Å². The van der Waals surface area contributed by atoms with Crippen molar-refractivity contribution in [2.75, 3.05) is 13.1 Å². The van der Waals surface area contributed by atoms with E-state index in [0.29, 0.717) is 30.1 Å². The number of halogens is 3. The lowest BCUT2D eigenvalue weighted by atomic mass is 9.89. The quantitative estimate of drug-likeness (QED) is 0.415. The van der Waals surface area contributed by atoms with E-state index in [1.807, 2.05) is 12.1 Å². The maximum absolute atomic E-state index is 12.9. The third-order valence-corrected chi connectivity index (χ3v) is 6.10. The number of hydrogen-bond donors (Lipinski definition) is 2. The Kier molecular flexibility index (Phi) is 5.80. The predicted molar refractivity (Wildman–Crippen MR) is 122 cm³/mol. The van der Waals surface area contributed by atoms with Gasteiger partial charge >= 0.3 is 6.36 Å². The SMILES string of the molecule is O=C(c1ccc(OC(F)(F)F)cc1)N1CCC(c2ccnc3nc(-c4cccc(O)c4)[nH]c23)CC1. The zero-order valence-corrected chi connectivity index (χ0v) is 18.4. The second-order valence-corrected chi connectivity index (χ2v) is 8.37. The Morgan fingerprint density at radius 3 is 2.51 bits per heavy atom. The van der Waals surface area contributed by atoms with Gasteiger partial charge in [0.25, 0.3) is 5.91 Å². The number of nitrogens with one attached hydrogen (secondary N) is 1. The van der Waals surface area contributed by atoms with Crippen molar-refractivity contribution in [2.45, 2.75) is 25.1 Å². The fraction of sp³-hybridized carbons (Fsp3) is 0.240. The van der Waals surface area contributed by atoms with Crippen LogP contribution in [0.4, 0.5) is 13.2 Å². The van der Waals surface area contributed by atoms with Crippen LogP contribution in [0.5, 0.6) is 11.5 Å². The van der Waals surface area contributed by atoms with Crippen molar-refractivity contribution >= 4 is 17.1 Å². The fourth-order valence-electron chi connectivity index (χ4n) is 4.44. The Bertz CT molecular complexity index is 1360. The maximum Gasteiger partial charge on any atom is 0.573 e. The van der Waals surface area contributed by atoms with Crippen LogP contribution in [0, 0.1) is 0 Å². The van der Waals surface area contributed by atoms with E-state index in [2.05, 4.69) is 19.7 Å². The zero-order chi connectivity index (χ0) is 24.6. The number of benzene rings is 2. The minimum atomic E-state index is -4.77. The molecule has 2 N–H and O–H groups in total. The van der Waals surface area contributed by atoms with Crippen LogP contribution in [0.3, 0.4) is 0 Å². The van der Waals surface area contributed by atoms with E-state index in [9.17, 15) is 23.1 Å². The minimum Gasteiger partial charge on any atom is -0.508 e. The molecule has 1 amide bonds. The van der Waals surface area contributed by atoms with Crippen molar-refractivity contribution in [1.82, 2.24) is 19.9 Å². The van der Waals surface area contributed by atoms with Gasteiger partial charge in [-0.2, -0.15) is 0 Å². The highest BCUT2D eigenvalue weighted by Crippen LogP contribution is 2.34. The number of H-pyrrole nitrogens is 1. The number of nitrogens with zero attached hydrogens (tertiary/aromatic N) is 3. The van der Waals surface area contributed by atoms with E-state index in [1.54, 1.807) is 29.3 Å². The molecular formula is C25H21F3N4O3. The Morgan fingerprint density at radius 2 is 1.83 bits per heavy atom. The summed E-state index contributed by atoms with van der Waals surface area (Å²) in [5.74, 6) is 0.357. The number of alkyl halides is 3. The average molecular weight is 482 g/mol. The zero-order valence-electron chi connectivity index (χ0n) is 18.4. The molecule has 1 fully saturated rings. The van der Waals surface area contributed by atoms with Crippen molar-refractivity contribution in [2.24, 2.45) is 0 Å². The molecule has 2 aromatic heterocycles. The highest BCUT2D eigenvalue weighted by molar-refractivity contribution is 5.94. The summed E-state index contributed by atoms with van der Waals surface area (Å²) in [5.41, 5.74) is 3.54. The van der Waals surface area contributed by atoms with Crippen LogP contribution in [0.2, 0.25) is 0 Å². The smallest absolute Gasteiger partial charge is 0.508 e. The molecule has 0 aliphatic carbocycles. The molecule has 3 heterocycles. The Hall–Kier alpha value is -4.08. The molecule has 180 valence electrons. The van der Waals surface area contributed by atoms with Crippen LogP contribution in [0.25, 0.3) is 22.6 Å². The lowest BCUT2D eigenvalue weighted by molar-refractivity contribution is -0.274. The van der Waals surface area contributed by atoms with Gasteiger partial charge in [0, 0.05) is 30.4 Å². The Morgan fingerprint density at radius 1 is 1.09 bits per heavy atom. The van der Waals surface area contributed by atoms with Crippen molar-refractivity contribution in [3.8, 4) is 22.9 Å². The first-order valence-corrected chi connectivity index (χ1v) is 11.1. The van der Waals surface area contributed by atoms with Crippen LogP contribution in [-0.4, -0.2) is 50.3 Å². The van der Waals surface area contributed by atoms with Gasteiger partial charge in [-0.1, -0.05) is 12.1 Å². The molecule has 0 radical (unpaired) electrons. The molecule has 0 bridgehead atoms. The molecule has 7 nitrogen and oxygen atoms in total. The van der Waals surface area contributed by atoms with E-state index >= 15 is 0 Å². The summed E-state index contributed by atoms with van der Waals surface area (Å²) in [5, 5.41) is 9.78. The Balaban J connectivity index is 1.29. The number of carbonyl (C=O) groups excluding carboxylic acids is 1. The molecule has 1 aliphatic heterocycles. The number of fused-ring (bicyclic) bond motifs is 1. The largest absolute Gasteiger partial charge is 0.573 e. The highest BCUT2D eigenvalue weighted by Gasteiger charge is 2.31. The van der Waals surface area contributed by atoms with Gasteiger partial charge < -0.3 is 19.7 Å². The minimum absolute atomic E-state index is 0.149. The van der Waals surface area contributed by atoms with Crippen LogP contribution in [-0.2, 0) is 0 Å². The first kappa shape index (κ1) is 22.7. The summed E-state index contributed by atoms with van der Waals surface area (Å²) in [6, 6.07) is 13.7. The number of hydrogen-bond acceptors (Lipinski definition) is 5. The lowest BCUT2D eigenvalue weighted by Crippen LogP contribution is -2.38. The number of carbonyl (C=O) groups is 1. The molecule has 2 aromatic carbocycles. The molecule has 5 rings (SSSR count). The number of likely N-dealkylation sites (tertiary alicyclic amines) is 1. The maximum atomic E-state index is 12.9. The number of phenols is 1. The third-order valence-electron chi connectivity index (χ3n) is 6.10. The third kappa shape index (κ3) is 4.91. The van der Waals surface area contributed by atoms with Crippen LogP contribution >= 0.6 is 0 Å². The average Bonchev–Trinajstić information content (AvgIpc) is 3.28. The molecule has 0 atom stereocenters. The van der Waals surface area contributed by atoms with Crippen LogP contribution in [0.1, 0.15) is 34.7 Å². The number of ether oxygens (including phenoxy) is 1. The molecule has 35 heavy (non-hydrogen) atoms. The standard InChI is InChI=1S/C25H21F3N4O3/c26-25(27,28)35-19-6-4-16(5-7-19)24(34)32-12-9-15(10-13-32)20-8-11-29-23-21(20)30-22(31-23)17-2-1-3-18(33)14-17/h1-8,11,14-15,33H,9-10,12-13H2,(H,29,30,31). The summed E-state index contributed by atoms with van der Waals surface area (Å²) >= 11 is 0. The predicted octanol–water partition coefficient (Wildman–Crippen LogP) is 5.25. The normalized spacial score (nSPS) is 14.9. The topological polar surface area (TPSA) is 91.3 Å². The van der Waals surface area contributed by atoms with Gasteiger partial charge in [0.2, 0.25) is 0 Å². The van der Waals surface area contributed by atoms with Crippen molar-refractivity contribution in [3.05, 3.63) is 71.9 Å². The number of aromatic amines is 1. The van der Waals surface area contributed by atoms with E-state index in [0.717, 1.165) is 41.6 Å². The van der Waals surface area contributed by atoms with Crippen LogP contribution < -0.4 is 4.74 Å². The van der Waals surface area contributed by atoms with Gasteiger partial charge in [0.1, 0.15) is 17.3 Å². The second-order valence-electron chi connectivity index (χ2n) is 8.37. The molecule has 1 saturated heterocycles. The van der Waals surface area contributed by atoms with Gasteiger partial charge in [0.05, 0.1) is 5.52 Å². The highest BCUT2D eigenvalue weighted by atomic mass is 19.4. The number of piperidine rings is 1. The van der Waals surface area contributed by atoms with Crippen molar-refractivity contribution < 1.29 is 27.8 Å². The number of phenolic OH excluding ortho intramolecular Hbond substituents is 1. The van der Waals surface area contributed by atoms with Gasteiger partial charge in [-0.05, 0) is 66.8 Å². The molecule has 0 spiro atoms. The summed E-state index contributed by atoms with van der Waals surface area (Å²) in [6.45, 7) is 1.03. The van der Waals surface area contributed by atoms with Gasteiger partial charge in [-0.3, -0.25) is 4.79 Å². The van der Waals surface area contributed by atoms with Gasteiger partial charge in [-0.15, -0.1) is 13.2 Å². The summed E-state index contributed by atoms with van der Waals surface area (Å²) in [7, 11) is 0. The number of aromatic hydroxyl groups is 1. The van der Waals surface area contributed by atoms with Gasteiger partial charge in [0.15, 0.2) is 5.65 Å². The number of pyridine rings is 1. The first-order valence-electron chi connectivity index (χ1n) is 11.1. The fourth-order valence-corrected chi connectivity index (χ4v) is 4.44.